The summed E-state index contributed by atoms with van der Waals surface area (Å²) in [6.07, 6.45) is 6.79. The van der Waals surface area contributed by atoms with Gasteiger partial charge in [-0.05, 0) is 12.5 Å². The lowest BCUT2D eigenvalue weighted by molar-refractivity contribution is 0.204. The number of nitrogens with two attached hydrogens (primary N) is 1. The minimum Gasteiger partial charge on any atom is -0.493 e. The summed E-state index contributed by atoms with van der Waals surface area (Å²) >= 11 is 12.5. The average molecular weight is 511 g/mol. The van der Waals surface area contributed by atoms with Crippen LogP contribution in [0.25, 0.3) is 22.2 Å². The van der Waals surface area contributed by atoms with E-state index < -0.39 is 6.23 Å². The first-order chi connectivity index (χ1) is 17.0. The van der Waals surface area contributed by atoms with Crippen LogP contribution in [0.4, 0.5) is 5.95 Å². The molecular weight excluding hydrogens is 491 g/mol. The third-order valence-electron chi connectivity index (χ3n) is 5.92. The van der Waals surface area contributed by atoms with E-state index in [2.05, 4.69) is 31.2 Å². The lowest BCUT2D eigenvalue weighted by Crippen LogP contribution is -2.48. The summed E-state index contributed by atoms with van der Waals surface area (Å²) in [6, 6.07) is 5.92. The smallest absolute Gasteiger partial charge is 0.225 e. The van der Waals surface area contributed by atoms with Gasteiger partial charge in [0.15, 0.2) is 17.7 Å². The van der Waals surface area contributed by atoms with Crippen molar-refractivity contribution in [2.24, 2.45) is 5.73 Å². The van der Waals surface area contributed by atoms with Crippen LogP contribution in [-0.2, 0) is 0 Å². The Morgan fingerprint density at radius 2 is 1.94 bits per heavy atom. The summed E-state index contributed by atoms with van der Waals surface area (Å²) in [7, 11) is 1.53. The number of aromatic nitrogens is 5. The van der Waals surface area contributed by atoms with Crippen LogP contribution in [0.1, 0.15) is 24.6 Å². The fourth-order valence-corrected chi connectivity index (χ4v) is 4.58. The number of nitrogens with zero attached hydrogens (tertiary/aromatic N) is 6. The summed E-state index contributed by atoms with van der Waals surface area (Å²) in [4.78, 5) is 15.0. The minimum absolute atomic E-state index is 0.163. The molecule has 0 spiro atoms. The molecule has 1 aliphatic rings. The van der Waals surface area contributed by atoms with Crippen LogP contribution in [0.5, 0.6) is 11.5 Å². The summed E-state index contributed by atoms with van der Waals surface area (Å²) in [5, 5.41) is 17.8. The van der Waals surface area contributed by atoms with Gasteiger partial charge in [-0.1, -0.05) is 23.2 Å². The van der Waals surface area contributed by atoms with Gasteiger partial charge < -0.3 is 14.4 Å². The number of ether oxygens (including phenoxy) is 2. The first-order valence-electron chi connectivity index (χ1n) is 10.7. The Morgan fingerprint density at radius 3 is 2.57 bits per heavy atom. The minimum atomic E-state index is -0.958. The van der Waals surface area contributed by atoms with E-state index in [9.17, 15) is 0 Å². The van der Waals surface area contributed by atoms with Gasteiger partial charge in [-0.25, -0.2) is 9.97 Å². The first kappa shape index (κ1) is 23.1. The van der Waals surface area contributed by atoms with Gasteiger partial charge in [-0.2, -0.15) is 10.4 Å². The highest BCUT2D eigenvalue weighted by Gasteiger charge is 2.29. The third-order valence-corrected chi connectivity index (χ3v) is 6.52. The fourth-order valence-electron chi connectivity index (χ4n) is 4.00. The molecule has 1 aliphatic heterocycles. The van der Waals surface area contributed by atoms with Crippen molar-refractivity contribution in [3.8, 4) is 28.8 Å². The van der Waals surface area contributed by atoms with E-state index in [1.165, 1.54) is 19.5 Å². The highest BCUT2D eigenvalue weighted by molar-refractivity contribution is 6.35. The SMILES string of the molecule is COc1cc2[nH]nc(-c3cnc(N4CC[C@@H]4CC#N)nc3)c2cc1O[C@H](N)c1c(Cl)cncc1Cl. The van der Waals surface area contributed by atoms with Gasteiger partial charge in [0.1, 0.15) is 5.69 Å². The molecule has 10 nitrogen and oxygen atoms in total. The monoisotopic (exact) mass is 510 g/mol. The van der Waals surface area contributed by atoms with Gasteiger partial charge in [0.25, 0.3) is 0 Å². The second-order valence-corrected chi connectivity index (χ2v) is 8.76. The number of fused-ring (bicyclic) bond motifs is 1. The molecule has 0 radical (unpaired) electrons. The molecule has 0 saturated carbocycles. The van der Waals surface area contributed by atoms with Gasteiger partial charge in [0, 0.05) is 60.0 Å². The molecule has 178 valence electrons. The molecule has 4 heterocycles. The molecule has 4 aromatic rings. The summed E-state index contributed by atoms with van der Waals surface area (Å²) in [5.41, 5.74) is 8.79. The average Bonchev–Trinajstić information content (AvgIpc) is 3.24. The van der Waals surface area contributed by atoms with Gasteiger partial charge in [-0.15, -0.1) is 0 Å². The fraction of sp³-hybridized carbons (Fsp3) is 0.261. The van der Waals surface area contributed by atoms with Gasteiger partial charge in [-0.3, -0.25) is 15.8 Å². The Labute approximate surface area is 210 Å². The number of benzene rings is 1. The van der Waals surface area contributed by atoms with E-state index >= 15 is 0 Å². The zero-order chi connectivity index (χ0) is 24.5. The summed E-state index contributed by atoms with van der Waals surface area (Å²) in [5.74, 6) is 1.44. The zero-order valence-corrected chi connectivity index (χ0v) is 20.1. The van der Waals surface area contributed by atoms with Gasteiger partial charge in [0.05, 0.1) is 35.2 Å². The molecule has 1 saturated heterocycles. The lowest BCUT2D eigenvalue weighted by Gasteiger charge is -2.39. The molecule has 1 aromatic carbocycles. The third kappa shape index (κ3) is 4.30. The number of pyridine rings is 1. The topological polar surface area (TPSA) is 139 Å². The number of aromatic amines is 1. The predicted molar refractivity (Wildman–Crippen MR) is 131 cm³/mol. The van der Waals surface area contributed by atoms with Crippen LogP contribution in [0.3, 0.4) is 0 Å². The van der Waals surface area contributed by atoms with Crippen molar-refractivity contribution in [1.82, 2.24) is 25.1 Å². The number of halogens is 2. The van der Waals surface area contributed by atoms with Crippen molar-refractivity contribution in [2.45, 2.75) is 25.1 Å². The predicted octanol–water partition coefficient (Wildman–Crippen LogP) is 4.26. The van der Waals surface area contributed by atoms with Gasteiger partial charge >= 0.3 is 0 Å². The number of nitriles is 1. The van der Waals surface area contributed by atoms with Crippen LogP contribution >= 0.6 is 23.2 Å². The van der Waals surface area contributed by atoms with E-state index in [4.69, 9.17) is 43.7 Å². The molecule has 5 rings (SSSR count). The Kier molecular flexibility index (Phi) is 6.30. The van der Waals surface area contributed by atoms with Crippen molar-refractivity contribution in [3.63, 3.8) is 0 Å². The van der Waals surface area contributed by atoms with Crippen LogP contribution in [0, 0.1) is 11.3 Å². The molecule has 3 aromatic heterocycles. The lowest BCUT2D eigenvalue weighted by atomic mass is 10.0. The second-order valence-electron chi connectivity index (χ2n) is 7.95. The Bertz CT molecular complexity index is 1400. The number of hydrogen-bond acceptors (Lipinski definition) is 9. The number of anilines is 1. The van der Waals surface area contributed by atoms with Crippen molar-refractivity contribution in [3.05, 3.63) is 52.5 Å². The summed E-state index contributed by atoms with van der Waals surface area (Å²) < 4.78 is 11.5. The maximum absolute atomic E-state index is 8.97. The maximum Gasteiger partial charge on any atom is 0.225 e. The normalized spacial score (nSPS) is 16.0. The van der Waals surface area contributed by atoms with Gasteiger partial charge in [0.2, 0.25) is 5.95 Å². The van der Waals surface area contributed by atoms with Crippen molar-refractivity contribution in [2.75, 3.05) is 18.6 Å². The molecule has 12 heteroatoms. The van der Waals surface area contributed by atoms with Crippen molar-refractivity contribution in [1.29, 1.82) is 5.26 Å². The quantitative estimate of drug-likeness (QED) is 0.349. The van der Waals surface area contributed by atoms with E-state index in [-0.39, 0.29) is 6.04 Å². The van der Waals surface area contributed by atoms with E-state index in [1.807, 2.05) is 4.90 Å². The highest BCUT2D eigenvalue weighted by atomic mass is 35.5. The highest BCUT2D eigenvalue weighted by Crippen LogP contribution is 2.39. The molecule has 0 amide bonds. The maximum atomic E-state index is 8.97. The Balaban J connectivity index is 1.46. The Hall–Kier alpha value is -3.65. The first-order valence-corrected chi connectivity index (χ1v) is 11.5. The largest absolute Gasteiger partial charge is 0.493 e. The molecule has 3 N–H and O–H groups in total. The molecule has 0 aliphatic carbocycles. The molecular formula is C23H20Cl2N8O2. The van der Waals surface area contributed by atoms with Crippen LogP contribution in [-0.4, -0.2) is 44.8 Å². The number of methoxy groups -OCH3 is 1. The standard InChI is InChI=1S/C23H20Cl2N8O2/c1-34-18-7-17-14(6-19(18)35-22(27)20-15(24)10-28-11-16(20)25)21(32-31-17)12-8-29-23(30-9-12)33-5-3-13(33)2-4-26/h6-11,13,22H,2-3,5,27H2,1H3,(H,31,32)/t13-,22-/m0/s1. The molecule has 2 atom stereocenters. The van der Waals surface area contributed by atoms with Crippen LogP contribution in [0.15, 0.2) is 36.9 Å². The number of hydrogen-bond donors (Lipinski definition) is 2. The summed E-state index contributed by atoms with van der Waals surface area (Å²) in [6.45, 7) is 0.837. The van der Waals surface area contributed by atoms with Crippen molar-refractivity contribution >= 4 is 40.1 Å². The number of nitrogens with one attached hydrogen (secondary N) is 1. The molecule has 0 bridgehead atoms. The molecule has 1 fully saturated rings. The van der Waals surface area contributed by atoms with E-state index in [0.717, 1.165) is 29.4 Å². The van der Waals surface area contributed by atoms with Crippen LogP contribution < -0.4 is 20.1 Å². The molecule has 0 unspecified atom stereocenters. The number of rotatable bonds is 7. The Morgan fingerprint density at radius 1 is 1.20 bits per heavy atom. The second kappa shape index (κ2) is 9.54. The van der Waals surface area contributed by atoms with Crippen LogP contribution in [0.2, 0.25) is 10.0 Å². The zero-order valence-electron chi connectivity index (χ0n) is 18.6. The van der Waals surface area contributed by atoms with E-state index in [0.29, 0.717) is 45.2 Å². The number of H-pyrrole nitrogens is 1. The van der Waals surface area contributed by atoms with Crippen molar-refractivity contribution < 1.29 is 9.47 Å². The molecule has 35 heavy (non-hydrogen) atoms. The van der Waals surface area contributed by atoms with E-state index in [1.54, 1.807) is 24.5 Å².